The summed E-state index contributed by atoms with van der Waals surface area (Å²) in [4.78, 5) is 16.0. The van der Waals surface area contributed by atoms with Gasteiger partial charge in [-0.15, -0.1) is 0 Å². The van der Waals surface area contributed by atoms with Crippen molar-refractivity contribution in [3.05, 3.63) is 118 Å². The summed E-state index contributed by atoms with van der Waals surface area (Å²) in [5.74, 6) is 0. The lowest BCUT2D eigenvalue weighted by Gasteiger charge is -1.92. The van der Waals surface area contributed by atoms with Gasteiger partial charge in [-0.05, 0) is 113 Å². The number of hydrogen-bond acceptors (Lipinski definition) is 4. The fraction of sp³-hybridized carbons (Fsp3) is 0.375. The Bertz CT molecular complexity index is 817. The van der Waals surface area contributed by atoms with Crippen molar-refractivity contribution in [3.8, 4) is 0 Å². The van der Waals surface area contributed by atoms with Crippen LogP contribution in [0.1, 0.15) is 74.5 Å². The van der Waals surface area contributed by atoms with E-state index in [4.69, 9.17) is 0 Å². The molecule has 0 aliphatic heterocycles. The Kier molecular flexibility index (Phi) is 24.4. The van der Waals surface area contributed by atoms with Crippen LogP contribution in [0.4, 0.5) is 0 Å². The number of hydrogen-bond donors (Lipinski definition) is 0. The SMILES string of the molecule is C.C.C.C.Cc1cccnc1C.Cc1cccnc1C.Cc1ccncc1C.Cc1ccncc1C. The van der Waals surface area contributed by atoms with Crippen LogP contribution in [0.5, 0.6) is 0 Å². The maximum absolute atomic E-state index is 4.08. The molecule has 4 aromatic heterocycles. The van der Waals surface area contributed by atoms with Crippen LogP contribution in [0.3, 0.4) is 0 Å². The third-order valence-corrected chi connectivity index (χ3v) is 5.14. The van der Waals surface area contributed by atoms with Gasteiger partial charge in [-0.25, -0.2) is 0 Å². The Labute approximate surface area is 223 Å². The van der Waals surface area contributed by atoms with Crippen molar-refractivity contribution in [2.24, 2.45) is 0 Å². The Hall–Kier alpha value is -3.40. The van der Waals surface area contributed by atoms with Gasteiger partial charge in [-0.3, -0.25) is 19.9 Å². The highest BCUT2D eigenvalue weighted by Crippen LogP contribution is 2.01. The van der Waals surface area contributed by atoms with Crippen LogP contribution in [-0.4, -0.2) is 19.9 Å². The van der Waals surface area contributed by atoms with E-state index in [-0.39, 0.29) is 29.7 Å². The molecule has 4 heterocycles. The van der Waals surface area contributed by atoms with E-state index in [9.17, 15) is 0 Å². The van der Waals surface area contributed by atoms with E-state index in [2.05, 4.69) is 73.6 Å². The number of nitrogens with zero attached hydrogens (tertiary/aromatic N) is 4. The molecule has 0 amide bonds. The van der Waals surface area contributed by atoms with Gasteiger partial charge in [0.15, 0.2) is 0 Å². The summed E-state index contributed by atoms with van der Waals surface area (Å²) in [5, 5.41) is 0. The smallest absolute Gasteiger partial charge is 0.0401 e. The maximum atomic E-state index is 4.08. The lowest BCUT2D eigenvalue weighted by molar-refractivity contribution is 1.15. The van der Waals surface area contributed by atoms with Gasteiger partial charge in [0.2, 0.25) is 0 Å². The molecule has 200 valence electrons. The van der Waals surface area contributed by atoms with Crippen LogP contribution in [0.15, 0.2) is 73.6 Å². The summed E-state index contributed by atoms with van der Waals surface area (Å²) >= 11 is 0. The highest BCUT2D eigenvalue weighted by molar-refractivity contribution is 5.19. The maximum Gasteiger partial charge on any atom is 0.0401 e. The van der Waals surface area contributed by atoms with Gasteiger partial charge in [0.1, 0.15) is 0 Å². The first-order valence-corrected chi connectivity index (χ1v) is 10.7. The van der Waals surface area contributed by atoms with E-state index in [1.165, 1.54) is 33.4 Å². The average Bonchev–Trinajstić information content (AvgIpc) is 2.78. The molecular formula is C32H52N4. The zero-order chi connectivity index (χ0) is 23.9. The lowest BCUT2D eigenvalue weighted by atomic mass is 10.2. The van der Waals surface area contributed by atoms with Gasteiger partial charge in [0.05, 0.1) is 0 Å². The molecule has 0 aliphatic carbocycles. The van der Waals surface area contributed by atoms with Gasteiger partial charge in [-0.1, -0.05) is 41.8 Å². The molecular weight excluding hydrogens is 440 g/mol. The molecule has 0 N–H and O–H groups in total. The number of rotatable bonds is 0. The van der Waals surface area contributed by atoms with E-state index in [1.807, 2.05) is 75.3 Å². The zero-order valence-electron chi connectivity index (χ0n) is 20.7. The van der Waals surface area contributed by atoms with Crippen molar-refractivity contribution in [2.75, 3.05) is 0 Å². The molecule has 0 unspecified atom stereocenters. The molecule has 0 atom stereocenters. The van der Waals surface area contributed by atoms with Crippen molar-refractivity contribution in [1.82, 2.24) is 19.9 Å². The second-order valence-corrected chi connectivity index (χ2v) is 7.73. The van der Waals surface area contributed by atoms with Crippen molar-refractivity contribution < 1.29 is 0 Å². The van der Waals surface area contributed by atoms with Gasteiger partial charge >= 0.3 is 0 Å². The largest absolute Gasteiger partial charge is 0.264 e. The standard InChI is InChI=1S/4C7H9N.4CH4/c2*1-6-3-4-8-5-7(6)2;2*1-6-4-3-5-8-7(6)2;;;;/h4*3-5H,1-2H3;4*1H4. The number of aryl methyl sites for hydroxylation is 8. The summed E-state index contributed by atoms with van der Waals surface area (Å²) in [6.07, 6.45) is 11.0. The van der Waals surface area contributed by atoms with Crippen LogP contribution in [0.2, 0.25) is 0 Å². The molecule has 4 aromatic rings. The summed E-state index contributed by atoms with van der Waals surface area (Å²) in [6.45, 7) is 16.4. The van der Waals surface area contributed by atoms with Crippen LogP contribution in [0, 0.1) is 55.4 Å². The Balaban J connectivity index is -0.000000183. The monoisotopic (exact) mass is 492 g/mol. The van der Waals surface area contributed by atoms with E-state index in [0.717, 1.165) is 11.4 Å². The van der Waals surface area contributed by atoms with Crippen molar-refractivity contribution in [3.63, 3.8) is 0 Å². The first kappa shape index (κ1) is 39.8. The van der Waals surface area contributed by atoms with Gasteiger partial charge in [0, 0.05) is 48.6 Å². The predicted molar refractivity (Wildman–Crippen MR) is 162 cm³/mol. The van der Waals surface area contributed by atoms with E-state index in [0.29, 0.717) is 0 Å². The van der Waals surface area contributed by atoms with E-state index >= 15 is 0 Å². The quantitative estimate of drug-likeness (QED) is 0.245. The molecule has 4 rings (SSSR count). The normalized spacial score (nSPS) is 8.22. The third-order valence-electron chi connectivity index (χ3n) is 5.14. The van der Waals surface area contributed by atoms with Crippen LogP contribution in [0.25, 0.3) is 0 Å². The molecule has 0 aliphatic rings. The van der Waals surface area contributed by atoms with Crippen LogP contribution < -0.4 is 0 Å². The van der Waals surface area contributed by atoms with E-state index in [1.54, 1.807) is 0 Å². The van der Waals surface area contributed by atoms with Gasteiger partial charge in [-0.2, -0.15) is 0 Å². The minimum Gasteiger partial charge on any atom is -0.264 e. The average molecular weight is 493 g/mol. The van der Waals surface area contributed by atoms with Crippen LogP contribution >= 0.6 is 0 Å². The molecule has 4 heteroatoms. The summed E-state index contributed by atoms with van der Waals surface area (Å²) in [5.41, 5.74) is 9.88. The van der Waals surface area contributed by atoms with Crippen molar-refractivity contribution >= 4 is 0 Å². The fourth-order valence-corrected chi connectivity index (χ4v) is 2.22. The summed E-state index contributed by atoms with van der Waals surface area (Å²) in [7, 11) is 0. The van der Waals surface area contributed by atoms with E-state index < -0.39 is 0 Å². The highest BCUT2D eigenvalue weighted by atomic mass is 14.7. The topological polar surface area (TPSA) is 51.6 Å². The van der Waals surface area contributed by atoms with Crippen molar-refractivity contribution in [2.45, 2.75) is 85.1 Å². The first-order chi connectivity index (χ1) is 15.2. The molecule has 0 saturated carbocycles. The molecule has 0 saturated heterocycles. The Morgan fingerprint density at radius 2 is 0.722 bits per heavy atom. The van der Waals surface area contributed by atoms with Crippen molar-refractivity contribution in [1.29, 1.82) is 0 Å². The fourth-order valence-electron chi connectivity index (χ4n) is 2.22. The molecule has 0 radical (unpaired) electrons. The zero-order valence-corrected chi connectivity index (χ0v) is 20.7. The highest BCUT2D eigenvalue weighted by Gasteiger charge is 1.87. The Morgan fingerprint density at radius 3 is 0.889 bits per heavy atom. The minimum absolute atomic E-state index is 0. The Morgan fingerprint density at radius 1 is 0.389 bits per heavy atom. The molecule has 0 fully saturated rings. The van der Waals surface area contributed by atoms with Crippen LogP contribution in [-0.2, 0) is 0 Å². The molecule has 0 spiro atoms. The molecule has 0 aromatic carbocycles. The molecule has 36 heavy (non-hydrogen) atoms. The second-order valence-electron chi connectivity index (χ2n) is 7.73. The summed E-state index contributed by atoms with van der Waals surface area (Å²) in [6, 6.07) is 12.0. The lowest BCUT2D eigenvalue weighted by Crippen LogP contribution is -1.81. The number of aromatic nitrogens is 4. The predicted octanol–water partition coefficient (Wildman–Crippen LogP) is 9.34. The molecule has 4 nitrogen and oxygen atoms in total. The third kappa shape index (κ3) is 16.3. The van der Waals surface area contributed by atoms with Gasteiger partial charge in [0.25, 0.3) is 0 Å². The second kappa shape index (κ2) is 22.1. The minimum atomic E-state index is 0. The van der Waals surface area contributed by atoms with Gasteiger partial charge < -0.3 is 0 Å². The first-order valence-electron chi connectivity index (χ1n) is 10.7. The molecule has 0 bridgehead atoms. The number of pyridine rings is 4. The summed E-state index contributed by atoms with van der Waals surface area (Å²) < 4.78 is 0.